The Labute approximate surface area is 85.5 Å². The molecule has 2 atom stereocenters. The first-order valence-corrected chi connectivity index (χ1v) is 5.28. The molecule has 0 radical (unpaired) electrons. The van der Waals surface area contributed by atoms with Gasteiger partial charge in [-0.1, -0.05) is 0 Å². The molecule has 0 fully saturated rings. The van der Waals surface area contributed by atoms with Crippen molar-refractivity contribution in [2.75, 3.05) is 0 Å². The van der Waals surface area contributed by atoms with Gasteiger partial charge in [0.05, 0.1) is 22.8 Å². The molecule has 0 saturated heterocycles. The van der Waals surface area contributed by atoms with Gasteiger partial charge in [-0.25, -0.2) is 9.78 Å². The number of fused-ring (bicyclic) bond motifs is 1. The number of hydrogen-bond acceptors (Lipinski definition) is 4. The molecular formula is C9H11NO3S. The number of carbonyl (C=O) groups is 1. The number of ether oxygens (including phenoxy) is 1. The van der Waals surface area contributed by atoms with E-state index in [4.69, 9.17) is 9.84 Å². The fraction of sp³-hybridized carbons (Fsp3) is 0.556. The van der Waals surface area contributed by atoms with E-state index in [0.29, 0.717) is 6.42 Å². The van der Waals surface area contributed by atoms with E-state index in [-0.39, 0.29) is 17.2 Å². The molecule has 0 aliphatic carbocycles. The van der Waals surface area contributed by atoms with Crippen LogP contribution in [0.4, 0.5) is 0 Å². The zero-order valence-corrected chi connectivity index (χ0v) is 8.80. The lowest BCUT2D eigenvalue weighted by molar-refractivity contribution is -0.00320. The maximum atomic E-state index is 10.7. The SMILES string of the molecule is CC1Cc2nc(C(=O)O)sc2C(C)O1. The van der Waals surface area contributed by atoms with Crippen LogP contribution in [-0.4, -0.2) is 22.2 Å². The maximum absolute atomic E-state index is 10.7. The van der Waals surface area contributed by atoms with Gasteiger partial charge in [0.25, 0.3) is 0 Å². The molecule has 1 aliphatic rings. The predicted octanol–water partition coefficient (Wildman–Crippen LogP) is 1.86. The van der Waals surface area contributed by atoms with Crippen molar-refractivity contribution in [3.63, 3.8) is 0 Å². The Hall–Kier alpha value is -0.940. The van der Waals surface area contributed by atoms with Crippen molar-refractivity contribution in [3.8, 4) is 0 Å². The molecule has 0 aromatic carbocycles. The van der Waals surface area contributed by atoms with Crippen molar-refractivity contribution in [2.24, 2.45) is 0 Å². The lowest BCUT2D eigenvalue weighted by Crippen LogP contribution is -2.20. The summed E-state index contributed by atoms with van der Waals surface area (Å²) in [7, 11) is 0. The second-order valence-corrected chi connectivity index (χ2v) is 4.46. The zero-order chi connectivity index (χ0) is 10.3. The minimum absolute atomic E-state index is 0.0284. The van der Waals surface area contributed by atoms with E-state index in [9.17, 15) is 4.79 Å². The molecule has 2 rings (SSSR count). The minimum atomic E-state index is -0.954. The van der Waals surface area contributed by atoms with Crippen molar-refractivity contribution in [2.45, 2.75) is 32.5 Å². The molecule has 2 unspecified atom stereocenters. The number of rotatable bonds is 1. The van der Waals surface area contributed by atoms with Crippen molar-refractivity contribution in [1.82, 2.24) is 4.98 Å². The second-order valence-electron chi connectivity index (χ2n) is 3.43. The van der Waals surface area contributed by atoms with Gasteiger partial charge in [0.15, 0.2) is 0 Å². The summed E-state index contributed by atoms with van der Waals surface area (Å²) < 4.78 is 5.58. The monoisotopic (exact) mass is 213 g/mol. The van der Waals surface area contributed by atoms with Crippen molar-refractivity contribution in [1.29, 1.82) is 0 Å². The summed E-state index contributed by atoms with van der Waals surface area (Å²) in [6.45, 7) is 3.90. The highest BCUT2D eigenvalue weighted by molar-refractivity contribution is 7.13. The minimum Gasteiger partial charge on any atom is -0.476 e. The first kappa shape index (κ1) is 9.61. The van der Waals surface area contributed by atoms with Crippen molar-refractivity contribution in [3.05, 3.63) is 15.6 Å². The van der Waals surface area contributed by atoms with Gasteiger partial charge in [-0.05, 0) is 13.8 Å². The maximum Gasteiger partial charge on any atom is 0.365 e. The summed E-state index contributed by atoms with van der Waals surface area (Å²) in [5, 5.41) is 8.96. The number of aromatic carboxylic acids is 1. The Morgan fingerprint density at radius 2 is 2.36 bits per heavy atom. The molecular weight excluding hydrogens is 202 g/mol. The number of thiazole rings is 1. The highest BCUT2D eigenvalue weighted by Gasteiger charge is 2.27. The van der Waals surface area contributed by atoms with Crippen LogP contribution in [0.15, 0.2) is 0 Å². The molecule has 4 nitrogen and oxygen atoms in total. The van der Waals surface area contributed by atoms with E-state index in [1.807, 2.05) is 13.8 Å². The van der Waals surface area contributed by atoms with Gasteiger partial charge in [0.2, 0.25) is 5.01 Å². The van der Waals surface area contributed by atoms with Crippen molar-refractivity contribution < 1.29 is 14.6 Å². The Balaban J connectivity index is 2.40. The largest absolute Gasteiger partial charge is 0.476 e. The standard InChI is InChI=1S/C9H11NO3S/c1-4-3-6-7(5(2)13-4)14-8(10-6)9(11)12/h4-5H,3H2,1-2H3,(H,11,12). The van der Waals surface area contributed by atoms with E-state index >= 15 is 0 Å². The van der Waals surface area contributed by atoms with Gasteiger partial charge in [0.1, 0.15) is 0 Å². The Kier molecular flexibility index (Phi) is 2.28. The Morgan fingerprint density at radius 3 is 3.00 bits per heavy atom. The molecule has 76 valence electrons. The first-order valence-electron chi connectivity index (χ1n) is 4.46. The van der Waals surface area contributed by atoms with Crippen LogP contribution in [-0.2, 0) is 11.2 Å². The van der Waals surface area contributed by atoms with Crippen LogP contribution in [0.2, 0.25) is 0 Å². The number of nitrogens with zero attached hydrogens (tertiary/aromatic N) is 1. The highest BCUT2D eigenvalue weighted by atomic mass is 32.1. The lowest BCUT2D eigenvalue weighted by atomic mass is 10.1. The summed E-state index contributed by atoms with van der Waals surface area (Å²) in [6.07, 6.45) is 0.810. The van der Waals surface area contributed by atoms with Crippen LogP contribution in [0.1, 0.15) is 40.3 Å². The summed E-state index contributed by atoms with van der Waals surface area (Å²) in [5.41, 5.74) is 0.888. The average Bonchev–Trinajstić information content (AvgIpc) is 2.47. The van der Waals surface area contributed by atoms with Crippen LogP contribution < -0.4 is 0 Å². The molecule has 0 spiro atoms. The zero-order valence-electron chi connectivity index (χ0n) is 7.98. The number of hydrogen-bond donors (Lipinski definition) is 1. The van der Waals surface area contributed by atoms with Gasteiger partial charge in [-0.15, -0.1) is 11.3 Å². The van der Waals surface area contributed by atoms with Gasteiger partial charge in [-0.2, -0.15) is 0 Å². The van der Waals surface area contributed by atoms with Crippen LogP contribution >= 0.6 is 11.3 Å². The van der Waals surface area contributed by atoms with Crippen LogP contribution in [0.3, 0.4) is 0 Å². The summed E-state index contributed by atoms with van der Waals surface area (Å²) in [5.74, 6) is -0.954. The molecule has 5 heteroatoms. The highest BCUT2D eigenvalue weighted by Crippen LogP contribution is 2.34. The topological polar surface area (TPSA) is 59.4 Å². The summed E-state index contributed by atoms with van der Waals surface area (Å²) in [4.78, 5) is 15.8. The van der Waals surface area contributed by atoms with Crippen LogP contribution in [0.5, 0.6) is 0 Å². The second kappa shape index (κ2) is 3.33. The van der Waals surface area contributed by atoms with Gasteiger partial charge < -0.3 is 9.84 Å². The van der Waals surface area contributed by atoms with E-state index in [1.54, 1.807) is 0 Å². The average molecular weight is 213 g/mol. The molecule has 0 amide bonds. The summed E-state index contributed by atoms with van der Waals surface area (Å²) >= 11 is 1.22. The van der Waals surface area contributed by atoms with E-state index in [2.05, 4.69) is 4.98 Å². The third-order valence-corrected chi connectivity index (χ3v) is 3.44. The smallest absolute Gasteiger partial charge is 0.365 e. The molecule has 0 saturated carbocycles. The lowest BCUT2D eigenvalue weighted by Gasteiger charge is -2.23. The number of carboxylic acid groups (broad SMARTS) is 1. The van der Waals surface area contributed by atoms with Gasteiger partial charge in [-0.3, -0.25) is 0 Å². The van der Waals surface area contributed by atoms with Crippen LogP contribution in [0, 0.1) is 0 Å². The molecule has 1 N–H and O–H groups in total. The van der Waals surface area contributed by atoms with Crippen molar-refractivity contribution >= 4 is 17.3 Å². The molecule has 1 aromatic rings. The first-order chi connectivity index (χ1) is 6.58. The Bertz CT molecular complexity index is 374. The number of aromatic nitrogens is 1. The van der Waals surface area contributed by atoms with Crippen LogP contribution in [0.25, 0.3) is 0 Å². The van der Waals surface area contributed by atoms with E-state index in [1.165, 1.54) is 11.3 Å². The quantitative estimate of drug-likeness (QED) is 0.773. The fourth-order valence-corrected chi connectivity index (χ4v) is 2.57. The molecule has 14 heavy (non-hydrogen) atoms. The fourth-order valence-electron chi connectivity index (χ4n) is 1.65. The normalized spacial score (nSPS) is 25.9. The molecule has 1 aromatic heterocycles. The van der Waals surface area contributed by atoms with Gasteiger partial charge >= 0.3 is 5.97 Å². The van der Waals surface area contributed by atoms with E-state index in [0.717, 1.165) is 10.6 Å². The third-order valence-electron chi connectivity index (χ3n) is 2.20. The molecule has 1 aliphatic heterocycles. The molecule has 0 bridgehead atoms. The van der Waals surface area contributed by atoms with E-state index < -0.39 is 5.97 Å². The summed E-state index contributed by atoms with van der Waals surface area (Å²) in [6, 6.07) is 0. The predicted molar refractivity (Wildman–Crippen MR) is 51.7 cm³/mol. The third kappa shape index (κ3) is 1.53. The number of carboxylic acids is 1. The van der Waals surface area contributed by atoms with Gasteiger partial charge in [0, 0.05) is 6.42 Å². The Morgan fingerprint density at radius 1 is 1.64 bits per heavy atom. The molecule has 2 heterocycles.